The fourth-order valence-corrected chi connectivity index (χ4v) is 6.06. The van der Waals surface area contributed by atoms with Gasteiger partial charge >= 0.3 is 0 Å². The van der Waals surface area contributed by atoms with E-state index in [4.69, 9.17) is 9.47 Å². The second-order valence-electron chi connectivity index (χ2n) is 12.0. The number of aromatic hydroxyl groups is 1. The number of Topliss-reactive ketones (excluding diaryl/α,β-unsaturated/α-hetero) is 1. The number of ether oxygens (including phenoxy) is 2. The minimum atomic E-state index is -0.616. The quantitative estimate of drug-likeness (QED) is 0.254. The first-order chi connectivity index (χ1) is 19.0. The molecule has 212 valence electrons. The average molecular weight is 541 g/mol. The summed E-state index contributed by atoms with van der Waals surface area (Å²) >= 11 is 0. The van der Waals surface area contributed by atoms with Crippen LogP contribution in [0.1, 0.15) is 94.6 Å². The third kappa shape index (κ3) is 6.27. The van der Waals surface area contributed by atoms with E-state index in [2.05, 4.69) is 65.0 Å². The van der Waals surface area contributed by atoms with Gasteiger partial charge in [0.1, 0.15) is 28.4 Å². The Morgan fingerprint density at radius 3 is 2.48 bits per heavy atom. The van der Waals surface area contributed by atoms with Gasteiger partial charge in [0.15, 0.2) is 5.78 Å². The van der Waals surface area contributed by atoms with E-state index < -0.39 is 5.60 Å². The normalized spacial score (nSPS) is 23.4. The summed E-state index contributed by atoms with van der Waals surface area (Å²) in [6.07, 6.45) is 13.9. The van der Waals surface area contributed by atoms with Crippen LogP contribution in [0.3, 0.4) is 0 Å². The van der Waals surface area contributed by atoms with Crippen molar-refractivity contribution in [3.05, 3.63) is 94.1 Å². The first-order valence-corrected chi connectivity index (χ1v) is 14.4. The van der Waals surface area contributed by atoms with Gasteiger partial charge in [-0.1, -0.05) is 65.3 Å². The largest absolute Gasteiger partial charge is 0.507 e. The molecule has 2 aliphatic rings. The molecular formula is C36H44O4. The van der Waals surface area contributed by atoms with Gasteiger partial charge in [-0.2, -0.15) is 0 Å². The van der Waals surface area contributed by atoms with Crippen LogP contribution in [0.25, 0.3) is 6.08 Å². The predicted octanol–water partition coefficient (Wildman–Crippen LogP) is 9.22. The molecule has 1 heterocycles. The van der Waals surface area contributed by atoms with Crippen LogP contribution < -0.4 is 9.47 Å². The SMILES string of the molecule is COc1cc(O)c(C(=O)[C@@H]2[C@@H](c3ccccc3)CC=C(C)[C@@H]2CC=C(C)C)c2c1C=C[C@](C)(CCC=C(C)C)O2. The smallest absolute Gasteiger partial charge is 0.174 e. The summed E-state index contributed by atoms with van der Waals surface area (Å²) in [4.78, 5) is 14.8. The van der Waals surface area contributed by atoms with Crippen LogP contribution in [0.2, 0.25) is 0 Å². The molecule has 0 spiro atoms. The first kappa shape index (κ1) is 29.5. The molecule has 1 aliphatic carbocycles. The Morgan fingerprint density at radius 1 is 1.12 bits per heavy atom. The van der Waals surface area contributed by atoms with Crippen molar-refractivity contribution in [1.82, 2.24) is 0 Å². The molecule has 40 heavy (non-hydrogen) atoms. The number of allylic oxidation sites excluding steroid dienone is 6. The highest BCUT2D eigenvalue weighted by atomic mass is 16.5. The second-order valence-corrected chi connectivity index (χ2v) is 12.0. The molecule has 4 rings (SSSR count). The summed E-state index contributed by atoms with van der Waals surface area (Å²) < 4.78 is 12.3. The topological polar surface area (TPSA) is 55.8 Å². The van der Waals surface area contributed by atoms with Gasteiger partial charge < -0.3 is 14.6 Å². The predicted molar refractivity (Wildman–Crippen MR) is 164 cm³/mol. The number of carbonyl (C=O) groups excluding carboxylic acids is 1. The molecule has 0 aromatic heterocycles. The van der Waals surface area contributed by atoms with Crippen molar-refractivity contribution in [1.29, 1.82) is 0 Å². The molecule has 1 N–H and O–H groups in total. The van der Waals surface area contributed by atoms with Crippen molar-refractivity contribution in [2.45, 2.75) is 78.7 Å². The number of phenols is 1. The van der Waals surface area contributed by atoms with Crippen molar-refractivity contribution in [3.8, 4) is 17.2 Å². The lowest BCUT2D eigenvalue weighted by Gasteiger charge is -2.38. The van der Waals surface area contributed by atoms with Gasteiger partial charge in [0.25, 0.3) is 0 Å². The van der Waals surface area contributed by atoms with E-state index in [-0.39, 0.29) is 34.8 Å². The number of methoxy groups -OCH3 is 1. The highest BCUT2D eigenvalue weighted by molar-refractivity contribution is 6.05. The lowest BCUT2D eigenvalue weighted by atomic mass is 9.65. The lowest BCUT2D eigenvalue weighted by molar-refractivity contribution is 0.0826. The van der Waals surface area contributed by atoms with Gasteiger partial charge in [0.2, 0.25) is 0 Å². The molecule has 2 aromatic carbocycles. The van der Waals surface area contributed by atoms with Crippen LogP contribution >= 0.6 is 0 Å². The number of phenolic OH excluding ortho intramolecular Hbond substituents is 1. The number of rotatable bonds is 9. The molecule has 4 heteroatoms. The van der Waals surface area contributed by atoms with Gasteiger partial charge in [-0.15, -0.1) is 0 Å². The summed E-state index contributed by atoms with van der Waals surface area (Å²) in [5.41, 5.74) is 5.19. The van der Waals surface area contributed by atoms with Crippen LogP contribution in [0.15, 0.2) is 77.4 Å². The monoisotopic (exact) mass is 540 g/mol. The van der Waals surface area contributed by atoms with E-state index in [1.54, 1.807) is 13.2 Å². The molecule has 0 amide bonds. The zero-order valence-electron chi connectivity index (χ0n) is 25.1. The highest BCUT2D eigenvalue weighted by Gasteiger charge is 2.43. The van der Waals surface area contributed by atoms with Crippen LogP contribution in [0, 0.1) is 11.8 Å². The number of ketones is 1. The summed E-state index contributed by atoms with van der Waals surface area (Å²) in [6, 6.07) is 11.9. The van der Waals surface area contributed by atoms with Gasteiger partial charge in [-0.3, -0.25) is 4.79 Å². The van der Waals surface area contributed by atoms with Crippen LogP contribution in [0.4, 0.5) is 0 Å². The van der Waals surface area contributed by atoms with Gasteiger partial charge in [-0.25, -0.2) is 0 Å². The number of hydrogen-bond donors (Lipinski definition) is 1. The molecule has 0 fully saturated rings. The van der Waals surface area contributed by atoms with Crippen molar-refractivity contribution in [2.24, 2.45) is 11.8 Å². The number of carbonyl (C=O) groups is 1. The van der Waals surface area contributed by atoms with E-state index in [9.17, 15) is 9.90 Å². The Morgan fingerprint density at radius 2 is 1.82 bits per heavy atom. The molecule has 0 saturated heterocycles. The molecule has 1 aliphatic heterocycles. The van der Waals surface area contributed by atoms with Gasteiger partial charge in [0, 0.05) is 12.0 Å². The fourth-order valence-electron chi connectivity index (χ4n) is 6.06. The maximum absolute atomic E-state index is 14.8. The minimum Gasteiger partial charge on any atom is -0.507 e. The van der Waals surface area contributed by atoms with Crippen molar-refractivity contribution in [3.63, 3.8) is 0 Å². The fraction of sp³-hybridized carbons (Fsp3) is 0.417. The molecule has 4 nitrogen and oxygen atoms in total. The summed E-state index contributed by atoms with van der Waals surface area (Å²) in [7, 11) is 1.57. The molecule has 0 radical (unpaired) electrons. The van der Waals surface area contributed by atoms with Crippen LogP contribution in [-0.2, 0) is 0 Å². The Balaban J connectivity index is 1.85. The lowest BCUT2D eigenvalue weighted by Crippen LogP contribution is -2.36. The van der Waals surface area contributed by atoms with Crippen molar-refractivity contribution in [2.75, 3.05) is 7.11 Å². The second kappa shape index (κ2) is 12.3. The van der Waals surface area contributed by atoms with Gasteiger partial charge in [0.05, 0.1) is 12.7 Å². The summed E-state index contributed by atoms with van der Waals surface area (Å²) in [6.45, 7) is 12.5. The number of benzene rings is 2. The maximum atomic E-state index is 14.8. The highest BCUT2D eigenvalue weighted by Crippen LogP contribution is 2.50. The average Bonchev–Trinajstić information content (AvgIpc) is 2.91. The number of hydrogen-bond acceptors (Lipinski definition) is 4. The third-order valence-electron chi connectivity index (χ3n) is 8.31. The molecule has 2 aromatic rings. The Kier molecular flexibility index (Phi) is 9.08. The van der Waals surface area contributed by atoms with Crippen molar-refractivity contribution < 1.29 is 19.4 Å². The van der Waals surface area contributed by atoms with E-state index in [0.29, 0.717) is 17.1 Å². The summed E-state index contributed by atoms with van der Waals surface area (Å²) in [5, 5.41) is 11.4. The van der Waals surface area contributed by atoms with Gasteiger partial charge in [-0.05, 0) is 96.8 Å². The first-order valence-electron chi connectivity index (χ1n) is 14.4. The molecule has 0 saturated carbocycles. The Labute approximate surface area is 240 Å². The molecule has 0 unspecified atom stereocenters. The van der Waals surface area contributed by atoms with Crippen LogP contribution in [0.5, 0.6) is 17.2 Å². The zero-order valence-corrected chi connectivity index (χ0v) is 25.1. The third-order valence-corrected chi connectivity index (χ3v) is 8.31. The molecule has 4 atom stereocenters. The maximum Gasteiger partial charge on any atom is 0.174 e. The van der Waals surface area contributed by atoms with E-state index in [0.717, 1.165) is 31.2 Å². The Bertz CT molecular complexity index is 1350. The van der Waals surface area contributed by atoms with E-state index in [1.165, 1.54) is 16.7 Å². The Hall–Kier alpha value is -3.53. The summed E-state index contributed by atoms with van der Waals surface area (Å²) in [5.74, 6) is 0.401. The molecule has 0 bridgehead atoms. The molecular weight excluding hydrogens is 496 g/mol. The minimum absolute atomic E-state index is 0.00621. The number of fused-ring (bicyclic) bond motifs is 1. The van der Waals surface area contributed by atoms with E-state index in [1.807, 2.05) is 37.3 Å². The van der Waals surface area contributed by atoms with E-state index >= 15 is 0 Å². The zero-order chi connectivity index (χ0) is 29.0. The van der Waals surface area contributed by atoms with Crippen LogP contribution in [-0.4, -0.2) is 23.6 Å². The van der Waals surface area contributed by atoms with Crippen molar-refractivity contribution >= 4 is 11.9 Å². The standard InChI is InChI=1S/C36H44O4/c1-23(2)12-11-20-36(6)21-19-29-31(39-7)22-30(37)33(35(29)40-36)34(38)32-27(17-15-24(3)4)25(5)16-18-28(32)26-13-9-8-10-14-26/h8-10,12-16,19,21-22,27-28,32,37H,11,17-18,20H2,1-7H3/t27-,28+,32-,36-/m0/s1.